The summed E-state index contributed by atoms with van der Waals surface area (Å²) < 4.78 is 72.4. The third-order valence-electron chi connectivity index (χ3n) is 8.46. The fourth-order valence-corrected chi connectivity index (χ4v) is 7.32. The third kappa shape index (κ3) is 14.3. The molecule has 0 aromatic heterocycles. The molecule has 2 aliphatic heterocycles. The summed E-state index contributed by atoms with van der Waals surface area (Å²) in [4.78, 5) is 13.1. The molecule has 2 fully saturated rings. The lowest BCUT2D eigenvalue weighted by molar-refractivity contribution is -0.0907. The summed E-state index contributed by atoms with van der Waals surface area (Å²) in [5.41, 5.74) is 0.875. The van der Waals surface area contributed by atoms with Crippen LogP contribution in [0.2, 0.25) is 0 Å². The van der Waals surface area contributed by atoms with Crippen LogP contribution in [-0.2, 0) is 44.1 Å². The Morgan fingerprint density at radius 3 is 2.24 bits per heavy atom. The van der Waals surface area contributed by atoms with Gasteiger partial charge in [0.1, 0.15) is 17.6 Å². The van der Waals surface area contributed by atoms with Crippen LogP contribution in [0.3, 0.4) is 0 Å². The number of fused-ring (bicyclic) bond motifs is 1. The van der Waals surface area contributed by atoms with Crippen molar-refractivity contribution < 1.29 is 55.6 Å². The SMILES string of the molecule is CCOP(=O)(COc1ccc(C[C@H](NC(=O)O[C@H]2CO[C@H]3OCC[C@H]32)[C@H](O)CNCC(C)CC)cc1)OCC.COc1ccc(S(C)(=O)=O)cc1. The summed E-state index contributed by atoms with van der Waals surface area (Å²) in [7, 11) is -4.88. The molecule has 0 saturated carbocycles. The minimum Gasteiger partial charge on any atom is -0.497 e. The van der Waals surface area contributed by atoms with Gasteiger partial charge in [-0.1, -0.05) is 32.4 Å². The average molecular weight is 759 g/mol. The van der Waals surface area contributed by atoms with E-state index in [9.17, 15) is 22.9 Å². The van der Waals surface area contributed by atoms with Crippen molar-refractivity contribution in [3.05, 3.63) is 54.1 Å². The highest BCUT2D eigenvalue weighted by atomic mass is 32.2. The molecule has 14 nitrogen and oxygen atoms in total. The molecular formula is C35H55N2O12PS. The number of rotatable bonds is 19. The maximum absolute atomic E-state index is 12.8. The molecule has 2 aromatic carbocycles. The number of carbonyl (C=O) groups excluding carboxylic acids is 1. The molecule has 51 heavy (non-hydrogen) atoms. The standard InChI is InChI=1S/C27H45N2O9P.C8H10O3S/c1-5-19(4)15-28-16-24(30)23(29-27(31)38-25-17-34-26-22(25)12-13-33-26)14-20-8-10-21(11-9-20)35-18-39(32,36-6-2)37-7-3;1-11-7-3-5-8(6-4-7)12(2,9)10/h8-11,19,22-26,28,30H,5-7,12-18H2,1-4H3,(H,29,31);3-6H,1-2H3/t19?,22-,23-,24+,25-,26+;/m0./s1. The zero-order chi connectivity index (χ0) is 37.4. The lowest BCUT2D eigenvalue weighted by Gasteiger charge is -2.26. The third-order valence-corrected chi connectivity index (χ3v) is 11.3. The maximum atomic E-state index is 12.8. The molecule has 2 heterocycles. The molecule has 3 N–H and O–H groups in total. The number of nitrogens with one attached hydrogen (secondary N) is 2. The second-order valence-electron chi connectivity index (χ2n) is 12.5. The molecule has 1 amide bonds. The number of aliphatic hydroxyl groups is 1. The van der Waals surface area contributed by atoms with Crippen LogP contribution in [0, 0.1) is 11.8 Å². The number of hydrogen-bond acceptors (Lipinski definition) is 13. The average Bonchev–Trinajstić information content (AvgIpc) is 3.73. The van der Waals surface area contributed by atoms with Crippen LogP contribution < -0.4 is 20.1 Å². The van der Waals surface area contributed by atoms with Gasteiger partial charge in [-0.15, -0.1) is 0 Å². The molecule has 2 saturated heterocycles. The van der Waals surface area contributed by atoms with E-state index in [1.54, 1.807) is 38.1 Å². The highest BCUT2D eigenvalue weighted by molar-refractivity contribution is 7.90. The number of amides is 1. The van der Waals surface area contributed by atoms with E-state index in [0.29, 0.717) is 48.5 Å². The number of sulfone groups is 1. The number of aliphatic hydroxyl groups excluding tert-OH is 1. The number of methoxy groups -OCH3 is 1. The first kappa shape index (κ1) is 42.7. The quantitative estimate of drug-likeness (QED) is 0.167. The zero-order valence-corrected chi connectivity index (χ0v) is 32.2. The highest BCUT2D eigenvalue weighted by Gasteiger charge is 2.44. The van der Waals surface area contributed by atoms with Gasteiger partial charge in [0.05, 0.1) is 56.5 Å². The summed E-state index contributed by atoms with van der Waals surface area (Å²) in [5, 5.41) is 17.1. The molecule has 288 valence electrons. The van der Waals surface area contributed by atoms with Crippen molar-refractivity contribution >= 4 is 23.5 Å². The summed E-state index contributed by atoms with van der Waals surface area (Å²) >= 11 is 0. The van der Waals surface area contributed by atoms with Gasteiger partial charge in [0.25, 0.3) is 0 Å². The Kier molecular flexibility index (Phi) is 17.6. The van der Waals surface area contributed by atoms with Crippen LogP contribution in [0.4, 0.5) is 4.79 Å². The lowest BCUT2D eigenvalue weighted by atomic mass is 10.0. The van der Waals surface area contributed by atoms with Gasteiger partial charge in [-0.2, -0.15) is 0 Å². The normalized spacial score (nSPS) is 20.3. The van der Waals surface area contributed by atoms with Gasteiger partial charge in [0, 0.05) is 12.8 Å². The van der Waals surface area contributed by atoms with Crippen LogP contribution in [0.25, 0.3) is 0 Å². The Morgan fingerprint density at radius 1 is 1.00 bits per heavy atom. The van der Waals surface area contributed by atoms with Crippen LogP contribution >= 0.6 is 7.60 Å². The van der Waals surface area contributed by atoms with E-state index >= 15 is 0 Å². The van der Waals surface area contributed by atoms with E-state index in [1.807, 2.05) is 12.1 Å². The fraction of sp³-hybridized carbons (Fsp3) is 0.629. The van der Waals surface area contributed by atoms with Crippen molar-refractivity contribution in [3.8, 4) is 11.5 Å². The minimum absolute atomic E-state index is 0.0321. The van der Waals surface area contributed by atoms with Crippen molar-refractivity contribution in [2.75, 3.05) is 59.2 Å². The monoisotopic (exact) mass is 758 g/mol. The van der Waals surface area contributed by atoms with Gasteiger partial charge >= 0.3 is 13.7 Å². The van der Waals surface area contributed by atoms with Gasteiger partial charge in [-0.25, -0.2) is 13.2 Å². The number of alkyl carbamates (subject to hydrolysis) is 1. The Labute approximate surface area is 302 Å². The fourth-order valence-electron chi connectivity index (χ4n) is 5.38. The van der Waals surface area contributed by atoms with Gasteiger partial charge in [0.15, 0.2) is 22.5 Å². The highest BCUT2D eigenvalue weighted by Crippen LogP contribution is 2.47. The minimum atomic E-state index is -3.33. The maximum Gasteiger partial charge on any atom is 0.407 e. The predicted octanol–water partition coefficient (Wildman–Crippen LogP) is 4.78. The number of carbonyl (C=O) groups is 1. The van der Waals surface area contributed by atoms with E-state index in [-0.39, 0.29) is 37.9 Å². The van der Waals surface area contributed by atoms with Gasteiger partial charge in [-0.3, -0.25) is 4.57 Å². The summed E-state index contributed by atoms with van der Waals surface area (Å²) in [5.74, 6) is 1.67. The number of ether oxygens (including phenoxy) is 5. The smallest absolute Gasteiger partial charge is 0.407 e. The van der Waals surface area contributed by atoms with Crippen molar-refractivity contribution in [1.29, 1.82) is 0 Å². The van der Waals surface area contributed by atoms with Crippen LogP contribution in [0.1, 0.15) is 46.1 Å². The molecule has 0 spiro atoms. The molecule has 2 aromatic rings. The van der Waals surface area contributed by atoms with Crippen LogP contribution in [0.15, 0.2) is 53.4 Å². The number of benzene rings is 2. The van der Waals surface area contributed by atoms with E-state index in [1.165, 1.54) is 25.5 Å². The first-order chi connectivity index (χ1) is 24.3. The summed E-state index contributed by atoms with van der Waals surface area (Å²) in [6.07, 6.45) is 1.04. The summed E-state index contributed by atoms with van der Waals surface area (Å²) in [6, 6.07) is 12.9. The molecule has 4 rings (SSSR count). The Hall–Kier alpha value is -2.75. The molecule has 16 heteroatoms. The van der Waals surface area contributed by atoms with E-state index in [2.05, 4.69) is 24.5 Å². The van der Waals surface area contributed by atoms with Gasteiger partial charge in [-0.05, 0) is 81.1 Å². The predicted molar refractivity (Wildman–Crippen MR) is 192 cm³/mol. The first-order valence-electron chi connectivity index (χ1n) is 17.3. The largest absolute Gasteiger partial charge is 0.497 e. The van der Waals surface area contributed by atoms with Crippen LogP contribution in [0.5, 0.6) is 11.5 Å². The summed E-state index contributed by atoms with van der Waals surface area (Å²) in [6.45, 7) is 10.3. The second-order valence-corrected chi connectivity index (χ2v) is 16.5. The topological polar surface area (TPSA) is 177 Å². The molecule has 2 aliphatic rings. The van der Waals surface area contributed by atoms with Crippen molar-refractivity contribution in [2.45, 2.75) is 76.4 Å². The van der Waals surface area contributed by atoms with Crippen molar-refractivity contribution in [1.82, 2.24) is 10.6 Å². The Morgan fingerprint density at radius 2 is 1.65 bits per heavy atom. The molecule has 0 radical (unpaired) electrons. The van der Waals surface area contributed by atoms with Gasteiger partial charge in [0.2, 0.25) is 0 Å². The van der Waals surface area contributed by atoms with E-state index in [4.69, 9.17) is 32.7 Å². The first-order valence-corrected chi connectivity index (χ1v) is 21.0. The molecule has 6 atom stereocenters. The second kappa shape index (κ2) is 21.1. The lowest BCUT2D eigenvalue weighted by Crippen LogP contribution is -2.50. The van der Waals surface area contributed by atoms with Gasteiger partial charge < -0.3 is 48.5 Å². The molecular weight excluding hydrogens is 703 g/mol. The molecule has 0 bridgehead atoms. The molecule has 1 unspecified atom stereocenters. The number of hydrogen-bond donors (Lipinski definition) is 3. The Balaban J connectivity index is 0.000000493. The van der Waals surface area contributed by atoms with E-state index < -0.39 is 35.7 Å². The zero-order valence-electron chi connectivity index (χ0n) is 30.4. The molecule has 0 aliphatic carbocycles. The van der Waals surface area contributed by atoms with E-state index in [0.717, 1.165) is 24.9 Å². The van der Waals surface area contributed by atoms with Crippen molar-refractivity contribution in [2.24, 2.45) is 11.8 Å². The Bertz CT molecular complexity index is 1470. The van der Waals surface area contributed by atoms with Crippen LogP contribution in [-0.4, -0.2) is 103 Å². The van der Waals surface area contributed by atoms with Crippen molar-refractivity contribution in [3.63, 3.8) is 0 Å².